The highest BCUT2D eigenvalue weighted by molar-refractivity contribution is 6.29. The Bertz CT molecular complexity index is 835. The smallest absolute Gasteiger partial charge is 0.243 e. The van der Waals surface area contributed by atoms with E-state index >= 15 is 0 Å². The maximum absolute atomic E-state index is 12.3. The summed E-state index contributed by atoms with van der Waals surface area (Å²) in [4.78, 5) is 22.9. The van der Waals surface area contributed by atoms with Gasteiger partial charge in [0.05, 0.1) is 24.2 Å². The first-order valence-electron chi connectivity index (χ1n) is 8.18. The van der Waals surface area contributed by atoms with Gasteiger partial charge in [0.15, 0.2) is 0 Å². The van der Waals surface area contributed by atoms with Crippen LogP contribution >= 0.6 is 11.6 Å². The molecule has 2 aliphatic heterocycles. The van der Waals surface area contributed by atoms with Crippen LogP contribution in [-0.4, -0.2) is 65.2 Å². The van der Waals surface area contributed by atoms with Crippen LogP contribution in [0.1, 0.15) is 5.56 Å². The highest BCUT2D eigenvalue weighted by atomic mass is 35.5. The molecular formula is C17H18ClN5O2. The van der Waals surface area contributed by atoms with Crippen molar-refractivity contribution in [1.82, 2.24) is 25.3 Å². The van der Waals surface area contributed by atoms with Crippen molar-refractivity contribution in [2.45, 2.75) is 0 Å². The highest BCUT2D eigenvalue weighted by Gasteiger charge is 2.21. The summed E-state index contributed by atoms with van der Waals surface area (Å²) in [5.74, 6) is 0.0957. The molecule has 2 aromatic heterocycles. The van der Waals surface area contributed by atoms with Gasteiger partial charge in [0.25, 0.3) is 0 Å². The normalized spacial score (nSPS) is 17.9. The quantitative estimate of drug-likeness (QED) is 0.833. The zero-order chi connectivity index (χ0) is 17.2. The van der Waals surface area contributed by atoms with Crippen LogP contribution < -0.4 is 5.43 Å². The Kier molecular flexibility index (Phi) is 4.52. The Labute approximate surface area is 150 Å². The van der Waals surface area contributed by atoms with Gasteiger partial charge in [-0.25, -0.2) is 10.4 Å². The molecule has 0 atom stereocenters. The number of fused-ring (bicyclic) bond motifs is 1. The molecule has 7 nitrogen and oxygen atoms in total. The van der Waals surface area contributed by atoms with Gasteiger partial charge in [-0.15, -0.1) is 0 Å². The summed E-state index contributed by atoms with van der Waals surface area (Å²) in [6.45, 7) is 3.48. The number of carbonyl (C=O) groups is 1. The lowest BCUT2D eigenvalue weighted by Gasteiger charge is -2.28. The Hall–Kier alpha value is -2.22. The maximum atomic E-state index is 12.3. The molecule has 25 heavy (non-hydrogen) atoms. The van der Waals surface area contributed by atoms with Crippen molar-refractivity contribution in [2.24, 2.45) is 0 Å². The number of pyridine rings is 2. The Morgan fingerprint density at radius 1 is 1.28 bits per heavy atom. The van der Waals surface area contributed by atoms with Gasteiger partial charge in [0.2, 0.25) is 5.91 Å². The molecule has 2 aromatic rings. The number of nitrogens with zero attached hydrogens (tertiary/aromatic N) is 4. The molecule has 4 rings (SSSR count). The average molecular weight is 360 g/mol. The molecule has 0 aromatic carbocycles. The molecule has 0 bridgehead atoms. The van der Waals surface area contributed by atoms with E-state index in [2.05, 4.69) is 15.4 Å². The number of hydrazine groups is 1. The largest absolute Gasteiger partial charge is 0.378 e. The number of ether oxygens (including phenoxy) is 1. The van der Waals surface area contributed by atoms with Gasteiger partial charge in [0.1, 0.15) is 11.7 Å². The van der Waals surface area contributed by atoms with E-state index in [4.69, 9.17) is 16.3 Å². The standard InChI is InChI=1S/C17H18ClN5O2/c18-16-2-1-14-15(21-16)7-12(8-19-14)13-9-20-23(10-13)11-17(24)22-3-5-25-6-4-22/h1-2,7-8,10,20H,3-6,9,11H2. The predicted molar refractivity (Wildman–Crippen MR) is 94.6 cm³/mol. The van der Waals surface area contributed by atoms with E-state index in [1.165, 1.54) is 0 Å². The van der Waals surface area contributed by atoms with Gasteiger partial charge >= 0.3 is 0 Å². The molecular weight excluding hydrogens is 342 g/mol. The van der Waals surface area contributed by atoms with E-state index < -0.39 is 0 Å². The van der Waals surface area contributed by atoms with E-state index in [1.807, 2.05) is 34.4 Å². The number of hydrogen-bond donors (Lipinski definition) is 1. The number of aromatic nitrogens is 2. The molecule has 1 fully saturated rings. The van der Waals surface area contributed by atoms with Gasteiger partial charge in [-0.1, -0.05) is 11.6 Å². The first kappa shape index (κ1) is 16.3. The number of amides is 1. The summed E-state index contributed by atoms with van der Waals surface area (Å²) in [5, 5.41) is 2.27. The van der Waals surface area contributed by atoms with E-state index in [-0.39, 0.29) is 5.91 Å². The minimum Gasteiger partial charge on any atom is -0.378 e. The lowest BCUT2D eigenvalue weighted by molar-refractivity contribution is -0.136. The second kappa shape index (κ2) is 6.95. The fourth-order valence-electron chi connectivity index (χ4n) is 2.96. The zero-order valence-corrected chi connectivity index (χ0v) is 14.4. The number of morpholine rings is 1. The summed E-state index contributed by atoms with van der Waals surface area (Å²) in [7, 11) is 0. The van der Waals surface area contributed by atoms with Gasteiger partial charge in [-0.05, 0) is 23.8 Å². The third kappa shape index (κ3) is 3.58. The molecule has 130 valence electrons. The fraction of sp³-hybridized carbons (Fsp3) is 0.353. The van der Waals surface area contributed by atoms with Crippen LogP contribution in [0.3, 0.4) is 0 Å². The third-order valence-electron chi connectivity index (χ3n) is 4.33. The van der Waals surface area contributed by atoms with Crippen molar-refractivity contribution in [2.75, 3.05) is 39.4 Å². The third-order valence-corrected chi connectivity index (χ3v) is 4.54. The first-order chi connectivity index (χ1) is 12.2. The van der Waals surface area contributed by atoms with E-state index in [0.717, 1.165) is 22.2 Å². The molecule has 1 amide bonds. The summed E-state index contributed by atoms with van der Waals surface area (Å²) in [5.41, 5.74) is 6.81. The SMILES string of the molecule is O=C(CN1C=C(c2cnc3ccc(Cl)nc3c2)CN1)N1CCOCC1. The van der Waals surface area contributed by atoms with E-state index in [0.29, 0.717) is 44.5 Å². The zero-order valence-electron chi connectivity index (χ0n) is 13.6. The van der Waals surface area contributed by atoms with Crippen molar-refractivity contribution in [3.63, 3.8) is 0 Å². The molecule has 4 heterocycles. The summed E-state index contributed by atoms with van der Waals surface area (Å²) < 4.78 is 5.28. The molecule has 1 saturated heterocycles. The summed E-state index contributed by atoms with van der Waals surface area (Å²) in [6, 6.07) is 5.55. The van der Waals surface area contributed by atoms with Gasteiger partial charge < -0.3 is 14.6 Å². The van der Waals surface area contributed by atoms with Gasteiger partial charge in [-0.3, -0.25) is 9.78 Å². The molecule has 1 N–H and O–H groups in total. The van der Waals surface area contributed by atoms with Crippen molar-refractivity contribution in [1.29, 1.82) is 0 Å². The van der Waals surface area contributed by atoms with E-state index in [9.17, 15) is 4.79 Å². The lowest BCUT2D eigenvalue weighted by Crippen LogP contribution is -2.46. The first-order valence-corrected chi connectivity index (χ1v) is 8.56. The van der Waals surface area contributed by atoms with Crippen LogP contribution in [0, 0.1) is 0 Å². The average Bonchev–Trinajstić information content (AvgIpc) is 3.10. The van der Waals surface area contributed by atoms with Crippen LogP contribution in [0.5, 0.6) is 0 Å². The maximum Gasteiger partial charge on any atom is 0.243 e. The lowest BCUT2D eigenvalue weighted by atomic mass is 10.1. The number of halogens is 1. The summed E-state index contributed by atoms with van der Waals surface area (Å²) >= 11 is 5.96. The van der Waals surface area contributed by atoms with Crippen LogP contribution in [0.2, 0.25) is 5.15 Å². The monoisotopic (exact) mass is 359 g/mol. The fourth-order valence-corrected chi connectivity index (χ4v) is 3.11. The van der Waals surface area contributed by atoms with Crippen molar-refractivity contribution >= 4 is 34.1 Å². The van der Waals surface area contributed by atoms with E-state index in [1.54, 1.807) is 6.07 Å². The van der Waals surface area contributed by atoms with Gasteiger partial charge in [0, 0.05) is 37.6 Å². The molecule has 0 saturated carbocycles. The second-order valence-corrected chi connectivity index (χ2v) is 6.39. The Balaban J connectivity index is 1.48. The Morgan fingerprint density at radius 2 is 2.12 bits per heavy atom. The topological polar surface area (TPSA) is 70.6 Å². The molecule has 8 heteroatoms. The molecule has 2 aliphatic rings. The number of rotatable bonds is 3. The molecule has 0 spiro atoms. The Morgan fingerprint density at radius 3 is 2.96 bits per heavy atom. The van der Waals surface area contributed by atoms with Crippen molar-refractivity contribution < 1.29 is 9.53 Å². The van der Waals surface area contributed by atoms with Crippen molar-refractivity contribution in [3.8, 4) is 0 Å². The molecule has 0 aliphatic carbocycles. The summed E-state index contributed by atoms with van der Waals surface area (Å²) in [6.07, 6.45) is 3.77. The van der Waals surface area contributed by atoms with Crippen LogP contribution in [-0.2, 0) is 9.53 Å². The second-order valence-electron chi connectivity index (χ2n) is 6.01. The van der Waals surface area contributed by atoms with Crippen LogP contribution in [0.4, 0.5) is 0 Å². The number of hydrogen-bond acceptors (Lipinski definition) is 6. The van der Waals surface area contributed by atoms with Crippen LogP contribution in [0.15, 0.2) is 30.6 Å². The van der Waals surface area contributed by atoms with Crippen LogP contribution in [0.25, 0.3) is 16.6 Å². The number of carbonyl (C=O) groups excluding carboxylic acids is 1. The predicted octanol–water partition coefficient (Wildman–Crippen LogP) is 1.30. The minimum atomic E-state index is 0.0957. The molecule has 0 radical (unpaired) electrons. The highest BCUT2D eigenvalue weighted by Crippen LogP contribution is 2.22. The minimum absolute atomic E-state index is 0.0957. The van der Waals surface area contributed by atoms with Crippen molar-refractivity contribution in [3.05, 3.63) is 41.3 Å². The number of nitrogens with one attached hydrogen (secondary N) is 1. The molecule has 0 unspecified atom stereocenters. The van der Waals surface area contributed by atoms with Gasteiger partial charge in [-0.2, -0.15) is 0 Å².